The standard InChI is InChI=1S/C78H128N24O27S2/c1-37(2)60(75(127)88-32-59(113)114)100-70(122)47(22-26-131-10)94-74(126)53-14-12-24-102(53)77(129)62(39(5)6)101-64(116)41(8)89-72(124)52(36-106)98-68(120)45(19-20-54(80)108)91-57(111)30-86-67(119)50(34-104)97-71(123)48(27-42-15-17-43(107)18-16-42)95-73(125)51(35-105)92-56(110)29-84-55(109)28-85-63(115)40(7)90-76(128)61(38(3)4)99-58(112)31-87-66(118)49(33-103)96-69(121)46(21-25-130-9)93-65(117)44(79)13-11-23-83-78(81)82/h15-18,37-41,44-53,60-62,103-107H,11-14,19-36,79H2,1-10H3,(H2,80,108)(H,84,109)(H,85,115)(H,86,119)(H,87,118)(H,88,127)(H,89,124)(H,90,128)(H,91,111)(H,92,110)(H,93,117)(H,94,126)(H,95,125)(H,96,121)(H,97,123)(H,98,120)(H,99,112)(H,100,122)(H,101,116)(H,113,114)(H4,81,82,83)/t40-,41-,44-,45-,46-,47-,48-,49-,50-,51-,52-,53-,60-,61-,62-/m0/s1. The summed E-state index contributed by atoms with van der Waals surface area (Å²) in [5.41, 5.74) is 16.8. The van der Waals surface area contributed by atoms with E-state index in [1.54, 1.807) is 40.2 Å². The predicted octanol–water partition coefficient (Wildman–Crippen LogP) is -12.8. The number of aliphatic carboxylic acids is 1. The number of rotatable bonds is 60. The Morgan fingerprint density at radius 3 is 1.32 bits per heavy atom. The topological polar surface area (TPSA) is 814 Å². The second-order valence-electron chi connectivity index (χ2n) is 31.3. The van der Waals surface area contributed by atoms with E-state index in [9.17, 15) is 126 Å². The van der Waals surface area contributed by atoms with Crippen molar-refractivity contribution in [3.8, 4) is 5.75 Å². The van der Waals surface area contributed by atoms with Gasteiger partial charge in [0, 0.05) is 25.9 Å². The number of likely N-dealkylation sites (tertiary alicyclic amines) is 1. The monoisotopic (exact) mass is 1900 g/mol. The smallest absolute Gasteiger partial charge is 0.322 e. The second kappa shape index (κ2) is 59.8. The number of carbonyl (C=O) groups is 21. The molecule has 0 saturated carbocycles. The predicted molar refractivity (Wildman–Crippen MR) is 470 cm³/mol. The quantitative estimate of drug-likeness (QED) is 0.0164. The van der Waals surface area contributed by atoms with Gasteiger partial charge in [-0.3, -0.25) is 106 Å². The minimum absolute atomic E-state index is 0.0525. The van der Waals surface area contributed by atoms with E-state index in [4.69, 9.17) is 27.7 Å². The molecule has 0 unspecified atom stereocenters. The molecule has 734 valence electrons. The van der Waals surface area contributed by atoms with Gasteiger partial charge in [0.1, 0.15) is 96.9 Å². The number of nitrogens with one attached hydrogen (secondary N) is 20. The molecule has 1 aromatic carbocycles. The number of phenols is 1. The normalized spacial score (nSPS) is 15.4. The fourth-order valence-corrected chi connectivity index (χ4v) is 13.1. The Balaban J connectivity index is 2.08. The molecule has 1 saturated heterocycles. The van der Waals surface area contributed by atoms with E-state index in [1.165, 1.54) is 80.4 Å². The number of thioether (sulfide) groups is 2. The highest BCUT2D eigenvalue weighted by molar-refractivity contribution is 7.98. The SMILES string of the molecule is CSCC[C@H](NC(=O)[C@@H](N)CCCNC(=N)N)C(=O)N[C@@H](CO)C(=O)NCC(=O)N[C@H](C(=O)N[C@@H](C)C(=O)NCC(=O)NCC(=O)N[C@@H](CO)C(=O)N[C@@H](Cc1ccc(O)cc1)C(=O)N[C@@H](CO)C(=O)NCC(=O)N[C@@H](CCC(N)=O)C(=O)N[C@@H](CO)C(=O)N[C@@H](C)C(=O)N[C@H](C(=O)N1CCC[C@H]1C(=O)N[C@@H](CCSC)C(=O)N[C@H](C(=O)NCC(=O)O)C(C)C)C(C)C)C(C)C. The summed E-state index contributed by atoms with van der Waals surface area (Å²) < 4.78 is 0. The van der Waals surface area contributed by atoms with Crippen molar-refractivity contribution in [2.24, 2.45) is 35.0 Å². The van der Waals surface area contributed by atoms with E-state index in [0.717, 1.165) is 0 Å². The molecule has 0 bridgehead atoms. The van der Waals surface area contributed by atoms with Gasteiger partial charge < -0.3 is 154 Å². The van der Waals surface area contributed by atoms with Crippen molar-refractivity contribution in [1.82, 2.24) is 106 Å². The Hall–Kier alpha value is -12.3. The van der Waals surface area contributed by atoms with Gasteiger partial charge in [0.05, 0.1) is 58.6 Å². The maximum atomic E-state index is 14.3. The zero-order valence-electron chi connectivity index (χ0n) is 74.5. The highest BCUT2D eigenvalue weighted by atomic mass is 32.2. The number of benzene rings is 1. The molecule has 0 radical (unpaired) electrons. The maximum absolute atomic E-state index is 14.3. The first-order chi connectivity index (χ1) is 61.7. The fourth-order valence-electron chi connectivity index (χ4n) is 12.2. The van der Waals surface area contributed by atoms with Crippen molar-refractivity contribution in [1.29, 1.82) is 5.41 Å². The molecule has 131 heavy (non-hydrogen) atoms. The summed E-state index contributed by atoms with van der Waals surface area (Å²) in [6.45, 7) is 3.63. The summed E-state index contributed by atoms with van der Waals surface area (Å²) in [5, 5.41) is 112. The number of aromatic hydroxyl groups is 1. The molecule has 1 aliphatic rings. The molecule has 53 heteroatoms. The van der Waals surface area contributed by atoms with Crippen molar-refractivity contribution in [2.45, 2.75) is 204 Å². The number of amides is 20. The molecule has 15 atom stereocenters. The zero-order valence-corrected chi connectivity index (χ0v) is 76.1. The Kier molecular flexibility index (Phi) is 52.4. The molecule has 0 aromatic heterocycles. The largest absolute Gasteiger partial charge is 0.508 e. The molecular formula is C78H128N24O27S2. The van der Waals surface area contributed by atoms with Crippen LogP contribution < -0.4 is 118 Å². The lowest BCUT2D eigenvalue weighted by molar-refractivity contribution is -0.143. The first-order valence-electron chi connectivity index (χ1n) is 41.8. The molecule has 32 N–H and O–H groups in total. The Bertz CT molecular complexity index is 4120. The summed E-state index contributed by atoms with van der Waals surface area (Å²) in [6, 6.07) is -16.9. The number of primary amides is 1. The van der Waals surface area contributed by atoms with Crippen LogP contribution in [-0.4, -0.2) is 352 Å². The van der Waals surface area contributed by atoms with Crippen molar-refractivity contribution in [3.05, 3.63) is 29.8 Å². The van der Waals surface area contributed by atoms with E-state index in [1.807, 2.05) is 0 Å². The average molecular weight is 1900 g/mol. The third kappa shape index (κ3) is 42.4. The lowest BCUT2D eigenvalue weighted by atomic mass is 10.0. The molecule has 51 nitrogen and oxygen atoms in total. The van der Waals surface area contributed by atoms with Crippen molar-refractivity contribution < 1.29 is 131 Å². The lowest BCUT2D eigenvalue weighted by Crippen LogP contribution is -2.61. The summed E-state index contributed by atoms with van der Waals surface area (Å²) in [7, 11) is 0. The van der Waals surface area contributed by atoms with Crippen LogP contribution >= 0.6 is 23.5 Å². The third-order valence-corrected chi connectivity index (χ3v) is 21.0. The number of carbonyl (C=O) groups excluding carboxylic acids is 20. The Labute approximate surface area is 763 Å². The van der Waals surface area contributed by atoms with Gasteiger partial charge in [-0.05, 0) is 118 Å². The number of carboxylic acids is 1. The van der Waals surface area contributed by atoms with Gasteiger partial charge in [0.25, 0.3) is 0 Å². The van der Waals surface area contributed by atoms with Crippen LogP contribution in [0.15, 0.2) is 24.3 Å². The maximum Gasteiger partial charge on any atom is 0.322 e. The molecular weight excluding hydrogens is 1770 g/mol. The van der Waals surface area contributed by atoms with E-state index >= 15 is 0 Å². The van der Waals surface area contributed by atoms with Crippen molar-refractivity contribution >= 4 is 154 Å². The molecule has 1 aliphatic heterocycles. The number of carboxylic acid groups (broad SMARTS) is 1. The number of hydrogen-bond donors (Lipinski definition) is 29. The van der Waals surface area contributed by atoms with Crippen LogP contribution in [0.4, 0.5) is 0 Å². The molecule has 1 aromatic rings. The molecule has 0 spiro atoms. The average Bonchev–Trinajstić information content (AvgIpc) is 1.74. The van der Waals surface area contributed by atoms with E-state index in [-0.39, 0.29) is 56.0 Å². The number of aliphatic hydroxyl groups is 4. The number of guanidine groups is 1. The van der Waals surface area contributed by atoms with Crippen LogP contribution in [0.2, 0.25) is 0 Å². The number of nitrogens with zero attached hydrogens (tertiary/aromatic N) is 1. The number of nitrogens with two attached hydrogens (primary N) is 3. The third-order valence-electron chi connectivity index (χ3n) is 19.7. The molecule has 1 heterocycles. The first kappa shape index (κ1) is 115. The van der Waals surface area contributed by atoms with Crippen LogP contribution in [0, 0.1) is 23.2 Å². The Morgan fingerprint density at radius 2 is 0.817 bits per heavy atom. The first-order valence-corrected chi connectivity index (χ1v) is 44.6. The summed E-state index contributed by atoms with van der Waals surface area (Å²) in [6.07, 6.45) is 3.17. The summed E-state index contributed by atoms with van der Waals surface area (Å²) >= 11 is 2.72. The second-order valence-corrected chi connectivity index (χ2v) is 33.3. The number of phenolic OH excluding ortho intramolecular Hbond substituents is 1. The van der Waals surface area contributed by atoms with E-state index in [2.05, 4.69) is 101 Å². The minimum Gasteiger partial charge on any atom is -0.508 e. The fraction of sp³-hybridized carbons (Fsp3) is 0.641. The van der Waals surface area contributed by atoms with Gasteiger partial charge in [-0.2, -0.15) is 23.5 Å². The number of hydrogen-bond acceptors (Lipinski definition) is 30. The van der Waals surface area contributed by atoms with Crippen molar-refractivity contribution in [3.63, 3.8) is 0 Å². The van der Waals surface area contributed by atoms with Gasteiger partial charge >= 0.3 is 5.97 Å². The summed E-state index contributed by atoms with van der Waals surface area (Å²) in [4.78, 5) is 280. The molecule has 20 amide bonds. The van der Waals surface area contributed by atoms with Crippen LogP contribution in [-0.2, 0) is 107 Å². The van der Waals surface area contributed by atoms with Crippen LogP contribution in [0.25, 0.3) is 0 Å². The lowest BCUT2D eigenvalue weighted by Gasteiger charge is -2.32. The van der Waals surface area contributed by atoms with Crippen LogP contribution in [0.1, 0.15) is 112 Å². The van der Waals surface area contributed by atoms with Gasteiger partial charge in [-0.15, -0.1) is 0 Å². The molecule has 0 aliphatic carbocycles. The van der Waals surface area contributed by atoms with Gasteiger partial charge in [-0.25, -0.2) is 0 Å². The van der Waals surface area contributed by atoms with E-state index in [0.29, 0.717) is 24.3 Å². The highest BCUT2D eigenvalue weighted by Gasteiger charge is 2.42. The molecule has 2 rings (SSSR count). The van der Waals surface area contributed by atoms with Gasteiger partial charge in [0.2, 0.25) is 118 Å². The van der Waals surface area contributed by atoms with Crippen molar-refractivity contribution in [2.75, 3.05) is 96.3 Å². The Morgan fingerprint density at radius 1 is 0.420 bits per heavy atom. The van der Waals surface area contributed by atoms with Gasteiger partial charge in [0.15, 0.2) is 5.96 Å². The van der Waals surface area contributed by atoms with Gasteiger partial charge in [-0.1, -0.05) is 53.7 Å². The summed E-state index contributed by atoms with van der Waals surface area (Å²) in [5.74, 6) is -22.4. The van der Waals surface area contributed by atoms with Crippen LogP contribution in [0.5, 0.6) is 5.75 Å². The zero-order chi connectivity index (χ0) is 99.1. The van der Waals surface area contributed by atoms with E-state index < -0.39 is 311 Å². The molecule has 1 fully saturated rings. The number of aliphatic hydroxyl groups excluding tert-OH is 4. The van der Waals surface area contributed by atoms with Crippen LogP contribution in [0.3, 0.4) is 0 Å². The minimum atomic E-state index is -1.92. The highest BCUT2D eigenvalue weighted by Crippen LogP contribution is 2.22.